The summed E-state index contributed by atoms with van der Waals surface area (Å²) in [6.07, 6.45) is 2.42. The van der Waals surface area contributed by atoms with Gasteiger partial charge in [0.2, 0.25) is 5.91 Å². The Balaban J connectivity index is 1.67. The van der Waals surface area contributed by atoms with Crippen LogP contribution in [0.1, 0.15) is 25.7 Å². The molecule has 0 aliphatic rings. The van der Waals surface area contributed by atoms with E-state index in [9.17, 15) is 9.59 Å². The normalized spacial score (nSPS) is 10.8. The molecule has 1 aromatic heterocycles. The number of carbonyl (C=O) groups excluding carboxylic acids is 1. The summed E-state index contributed by atoms with van der Waals surface area (Å²) in [5, 5.41) is 12.7. The predicted octanol–water partition coefficient (Wildman–Crippen LogP) is 4.07. The third kappa shape index (κ3) is 4.97. The molecular formula is C22H24N2O3. The number of aliphatic carboxylic acids is 1. The van der Waals surface area contributed by atoms with Gasteiger partial charge >= 0.3 is 5.97 Å². The van der Waals surface area contributed by atoms with E-state index in [-0.39, 0.29) is 18.9 Å². The Kier molecular flexibility index (Phi) is 6.26. The molecule has 0 aliphatic heterocycles. The van der Waals surface area contributed by atoms with Crippen LogP contribution in [0.3, 0.4) is 0 Å². The Morgan fingerprint density at radius 2 is 1.67 bits per heavy atom. The molecule has 5 heteroatoms. The topological polar surface area (TPSA) is 71.3 Å². The lowest BCUT2D eigenvalue weighted by atomic mass is 10.1. The van der Waals surface area contributed by atoms with Crippen LogP contribution in [0.2, 0.25) is 0 Å². The van der Waals surface area contributed by atoms with E-state index in [0.29, 0.717) is 13.0 Å². The van der Waals surface area contributed by atoms with Gasteiger partial charge in [-0.2, -0.15) is 0 Å². The van der Waals surface area contributed by atoms with Crippen molar-refractivity contribution in [2.24, 2.45) is 0 Å². The van der Waals surface area contributed by atoms with Crippen molar-refractivity contribution < 1.29 is 14.7 Å². The maximum absolute atomic E-state index is 12.5. The predicted molar refractivity (Wildman–Crippen MR) is 106 cm³/mol. The van der Waals surface area contributed by atoms with E-state index in [2.05, 4.69) is 17.4 Å². The van der Waals surface area contributed by atoms with E-state index in [4.69, 9.17) is 5.11 Å². The summed E-state index contributed by atoms with van der Waals surface area (Å²) < 4.78 is 2.05. The summed E-state index contributed by atoms with van der Waals surface area (Å²) >= 11 is 0. The van der Waals surface area contributed by atoms with Gasteiger partial charge < -0.3 is 15.0 Å². The third-order valence-electron chi connectivity index (χ3n) is 4.57. The minimum absolute atomic E-state index is 0.0354. The molecule has 0 bridgehead atoms. The molecule has 0 spiro atoms. The highest BCUT2D eigenvalue weighted by atomic mass is 16.4. The van der Waals surface area contributed by atoms with Crippen LogP contribution in [-0.2, 0) is 16.1 Å². The monoisotopic (exact) mass is 364 g/mol. The Bertz CT molecular complexity index is 916. The van der Waals surface area contributed by atoms with E-state index >= 15 is 0 Å². The van der Waals surface area contributed by atoms with Gasteiger partial charge in [-0.3, -0.25) is 9.59 Å². The molecule has 0 radical (unpaired) electrons. The molecule has 27 heavy (non-hydrogen) atoms. The fourth-order valence-electron chi connectivity index (χ4n) is 3.23. The number of fused-ring (bicyclic) bond motifs is 1. The molecule has 2 aromatic carbocycles. The quantitative estimate of drug-likeness (QED) is 0.562. The zero-order valence-corrected chi connectivity index (χ0v) is 15.2. The molecule has 0 atom stereocenters. The fourth-order valence-corrected chi connectivity index (χ4v) is 3.23. The average molecular weight is 364 g/mol. The smallest absolute Gasteiger partial charge is 0.303 e. The molecule has 0 aliphatic carbocycles. The molecule has 0 saturated carbocycles. The van der Waals surface area contributed by atoms with E-state index in [1.54, 1.807) is 0 Å². The summed E-state index contributed by atoms with van der Waals surface area (Å²) in [6, 6.07) is 20.2. The fraction of sp³-hybridized carbons (Fsp3) is 0.273. The number of unbranched alkanes of at least 4 members (excludes halogenated alkanes) is 2. The van der Waals surface area contributed by atoms with Gasteiger partial charge in [0, 0.05) is 29.6 Å². The number of carboxylic acids is 1. The van der Waals surface area contributed by atoms with Crippen LogP contribution in [0.15, 0.2) is 60.7 Å². The number of nitrogens with zero attached hydrogens (tertiary/aromatic N) is 1. The standard InChI is InChI=1S/C22H24N2O3/c25-21(23-14-8-2-5-13-22(26)27)16-24-19-12-7-6-11-18(19)15-20(24)17-9-3-1-4-10-17/h1,3-4,6-7,9-12,15H,2,5,8,13-14,16H2,(H,23,25)(H,26,27). The third-order valence-corrected chi connectivity index (χ3v) is 4.57. The van der Waals surface area contributed by atoms with Crippen molar-refractivity contribution in [1.82, 2.24) is 9.88 Å². The number of para-hydroxylation sites is 1. The summed E-state index contributed by atoms with van der Waals surface area (Å²) in [4.78, 5) is 23.0. The van der Waals surface area contributed by atoms with Crippen molar-refractivity contribution >= 4 is 22.8 Å². The molecule has 3 rings (SSSR count). The van der Waals surface area contributed by atoms with Gasteiger partial charge in [-0.15, -0.1) is 0 Å². The number of hydrogen-bond acceptors (Lipinski definition) is 2. The lowest BCUT2D eigenvalue weighted by Gasteiger charge is -2.11. The van der Waals surface area contributed by atoms with Crippen LogP contribution >= 0.6 is 0 Å². The van der Waals surface area contributed by atoms with E-state index in [1.807, 2.05) is 53.1 Å². The van der Waals surface area contributed by atoms with E-state index < -0.39 is 5.97 Å². The highest BCUT2D eigenvalue weighted by Crippen LogP contribution is 2.28. The Morgan fingerprint density at radius 1 is 0.926 bits per heavy atom. The first-order valence-corrected chi connectivity index (χ1v) is 9.27. The number of carboxylic acid groups (broad SMARTS) is 1. The summed E-state index contributed by atoms with van der Waals surface area (Å²) in [7, 11) is 0. The van der Waals surface area contributed by atoms with Gasteiger partial charge in [0.25, 0.3) is 0 Å². The maximum atomic E-state index is 12.5. The second-order valence-corrected chi connectivity index (χ2v) is 6.59. The second-order valence-electron chi connectivity index (χ2n) is 6.59. The molecule has 5 nitrogen and oxygen atoms in total. The minimum atomic E-state index is -0.771. The lowest BCUT2D eigenvalue weighted by Crippen LogP contribution is -2.28. The number of aromatic nitrogens is 1. The first kappa shape index (κ1) is 18.7. The molecule has 1 amide bonds. The largest absolute Gasteiger partial charge is 0.481 e. The highest BCUT2D eigenvalue weighted by molar-refractivity contribution is 5.89. The van der Waals surface area contributed by atoms with Gasteiger partial charge in [0.15, 0.2) is 0 Å². The van der Waals surface area contributed by atoms with Crippen LogP contribution in [0.4, 0.5) is 0 Å². The zero-order chi connectivity index (χ0) is 19.1. The van der Waals surface area contributed by atoms with Gasteiger partial charge in [-0.1, -0.05) is 55.0 Å². The minimum Gasteiger partial charge on any atom is -0.481 e. The molecule has 3 aromatic rings. The molecule has 1 heterocycles. The van der Waals surface area contributed by atoms with Gasteiger partial charge in [0.1, 0.15) is 6.54 Å². The van der Waals surface area contributed by atoms with E-state index in [0.717, 1.165) is 35.0 Å². The van der Waals surface area contributed by atoms with Crippen LogP contribution in [0.5, 0.6) is 0 Å². The maximum Gasteiger partial charge on any atom is 0.303 e. The van der Waals surface area contributed by atoms with Crippen molar-refractivity contribution in [3.63, 3.8) is 0 Å². The second kappa shape index (κ2) is 9.03. The van der Waals surface area contributed by atoms with Crippen LogP contribution in [-0.4, -0.2) is 28.1 Å². The number of rotatable bonds is 9. The van der Waals surface area contributed by atoms with Crippen molar-refractivity contribution in [2.45, 2.75) is 32.2 Å². The lowest BCUT2D eigenvalue weighted by molar-refractivity contribution is -0.137. The molecule has 2 N–H and O–H groups in total. The van der Waals surface area contributed by atoms with Crippen LogP contribution < -0.4 is 5.32 Å². The van der Waals surface area contributed by atoms with Gasteiger partial charge in [0.05, 0.1) is 0 Å². The molecule has 0 saturated heterocycles. The van der Waals surface area contributed by atoms with Crippen LogP contribution in [0.25, 0.3) is 22.2 Å². The Hall–Kier alpha value is -3.08. The van der Waals surface area contributed by atoms with Crippen molar-refractivity contribution in [3.05, 3.63) is 60.7 Å². The van der Waals surface area contributed by atoms with Crippen molar-refractivity contribution in [2.75, 3.05) is 6.54 Å². The van der Waals surface area contributed by atoms with Gasteiger partial charge in [-0.05, 0) is 30.5 Å². The van der Waals surface area contributed by atoms with Crippen molar-refractivity contribution in [3.8, 4) is 11.3 Å². The number of amides is 1. The molecule has 0 unspecified atom stereocenters. The number of carbonyl (C=O) groups is 2. The molecule has 140 valence electrons. The first-order valence-electron chi connectivity index (χ1n) is 9.27. The molecular weight excluding hydrogens is 340 g/mol. The summed E-state index contributed by atoms with van der Waals surface area (Å²) in [6.45, 7) is 0.825. The summed E-state index contributed by atoms with van der Waals surface area (Å²) in [5.74, 6) is -0.807. The van der Waals surface area contributed by atoms with Crippen LogP contribution in [0, 0.1) is 0 Å². The average Bonchev–Trinajstić information content (AvgIpc) is 3.03. The van der Waals surface area contributed by atoms with E-state index in [1.165, 1.54) is 0 Å². The summed E-state index contributed by atoms with van der Waals surface area (Å²) in [5.41, 5.74) is 3.14. The Labute approximate surface area is 158 Å². The molecule has 0 fully saturated rings. The highest BCUT2D eigenvalue weighted by Gasteiger charge is 2.13. The SMILES string of the molecule is O=C(O)CCCCCNC(=O)Cn1c(-c2ccccc2)cc2ccccc21. The Morgan fingerprint density at radius 3 is 2.44 bits per heavy atom. The zero-order valence-electron chi connectivity index (χ0n) is 15.2. The van der Waals surface area contributed by atoms with Crippen molar-refractivity contribution in [1.29, 1.82) is 0 Å². The number of hydrogen-bond donors (Lipinski definition) is 2. The first-order chi connectivity index (χ1) is 13.1. The number of benzene rings is 2. The van der Waals surface area contributed by atoms with Gasteiger partial charge in [-0.25, -0.2) is 0 Å². The number of nitrogens with one attached hydrogen (secondary N) is 1.